The van der Waals surface area contributed by atoms with Gasteiger partial charge in [0.2, 0.25) is 0 Å². The Bertz CT molecular complexity index is 450. The Morgan fingerprint density at radius 2 is 2.25 bits per heavy atom. The summed E-state index contributed by atoms with van der Waals surface area (Å²) in [6, 6.07) is 6.21. The van der Waals surface area contributed by atoms with Crippen LogP contribution in [0.1, 0.15) is 44.7 Å². The number of nitrogens with zero attached hydrogens (tertiary/aromatic N) is 1. The molecule has 3 N–H and O–H groups in total. The summed E-state index contributed by atoms with van der Waals surface area (Å²) in [4.78, 5) is 2.49. The minimum Gasteiger partial charge on any atom is -0.508 e. The lowest BCUT2D eigenvalue weighted by atomic mass is 9.89. The molecule has 1 aromatic rings. The van der Waals surface area contributed by atoms with E-state index < -0.39 is 0 Å². The number of hydrogen-bond acceptors (Lipinski definition) is 3. The van der Waals surface area contributed by atoms with Crippen LogP contribution in [0.5, 0.6) is 5.75 Å². The average molecular weight is 341 g/mol. The number of piperidine rings is 1. The topological polar surface area (TPSA) is 49.5 Å². The maximum Gasteiger partial charge on any atom is 0.120 e. The zero-order chi connectivity index (χ0) is 14.7. The molecule has 3 nitrogen and oxygen atoms in total. The molecule has 0 spiro atoms. The van der Waals surface area contributed by atoms with E-state index >= 15 is 0 Å². The molecule has 3 atom stereocenters. The molecular weight excluding hydrogens is 316 g/mol. The first kappa shape index (κ1) is 15.8. The van der Waals surface area contributed by atoms with Crippen LogP contribution in [0.4, 0.5) is 0 Å². The third kappa shape index (κ3) is 3.54. The van der Waals surface area contributed by atoms with Gasteiger partial charge in [0.15, 0.2) is 0 Å². The highest BCUT2D eigenvalue weighted by Gasteiger charge is 2.28. The van der Waals surface area contributed by atoms with Crippen molar-refractivity contribution < 1.29 is 5.11 Å². The van der Waals surface area contributed by atoms with E-state index in [1.165, 1.54) is 12.8 Å². The minimum absolute atomic E-state index is 0.242. The van der Waals surface area contributed by atoms with Gasteiger partial charge in [0.25, 0.3) is 0 Å². The molecule has 2 rings (SSSR count). The molecule has 1 fully saturated rings. The number of phenolic OH excluding ortho intramolecular Hbond substituents is 1. The number of halogens is 1. The molecule has 0 aliphatic carbocycles. The van der Waals surface area contributed by atoms with Gasteiger partial charge in [-0.2, -0.15) is 0 Å². The van der Waals surface area contributed by atoms with Crippen LogP contribution < -0.4 is 5.73 Å². The van der Waals surface area contributed by atoms with Gasteiger partial charge in [0.1, 0.15) is 5.75 Å². The Morgan fingerprint density at radius 3 is 2.90 bits per heavy atom. The summed E-state index contributed by atoms with van der Waals surface area (Å²) in [5.74, 6) is 0.954. The molecule has 3 unspecified atom stereocenters. The highest BCUT2D eigenvalue weighted by Crippen LogP contribution is 2.35. The summed E-state index contributed by atoms with van der Waals surface area (Å²) in [5, 5.41) is 10.2. The van der Waals surface area contributed by atoms with Crippen molar-refractivity contribution in [1.82, 2.24) is 4.90 Å². The number of benzene rings is 1. The fourth-order valence-corrected chi connectivity index (χ4v) is 3.60. The number of nitrogens with two attached hydrogens (primary N) is 1. The fraction of sp³-hybridized carbons (Fsp3) is 0.625. The molecular formula is C16H25BrN2O. The molecule has 20 heavy (non-hydrogen) atoms. The molecule has 0 saturated carbocycles. The number of rotatable bonds is 4. The molecule has 0 radical (unpaired) electrons. The zero-order valence-corrected chi connectivity index (χ0v) is 13.9. The van der Waals surface area contributed by atoms with Gasteiger partial charge in [0.05, 0.1) is 0 Å². The highest BCUT2D eigenvalue weighted by molar-refractivity contribution is 9.10. The molecule has 1 aromatic carbocycles. The second-order valence-corrected chi connectivity index (χ2v) is 6.80. The van der Waals surface area contributed by atoms with Gasteiger partial charge in [-0.3, -0.25) is 4.90 Å². The van der Waals surface area contributed by atoms with Gasteiger partial charge in [-0.1, -0.05) is 22.9 Å². The third-order valence-corrected chi connectivity index (χ3v) is 4.90. The summed E-state index contributed by atoms with van der Waals surface area (Å²) >= 11 is 3.50. The minimum atomic E-state index is 0.242. The van der Waals surface area contributed by atoms with Gasteiger partial charge in [0, 0.05) is 28.7 Å². The lowest BCUT2D eigenvalue weighted by Crippen LogP contribution is -2.43. The second kappa shape index (κ2) is 6.92. The maximum atomic E-state index is 10.2. The smallest absolute Gasteiger partial charge is 0.120 e. The molecule has 0 aromatic heterocycles. The number of aromatic hydroxyl groups is 1. The van der Waals surface area contributed by atoms with Gasteiger partial charge >= 0.3 is 0 Å². The predicted molar refractivity (Wildman–Crippen MR) is 86.8 cm³/mol. The lowest BCUT2D eigenvalue weighted by Gasteiger charge is -2.39. The van der Waals surface area contributed by atoms with Crippen LogP contribution in [-0.4, -0.2) is 29.1 Å². The first-order chi connectivity index (χ1) is 9.52. The number of likely N-dealkylation sites (tertiary alicyclic amines) is 1. The summed E-state index contributed by atoms with van der Waals surface area (Å²) in [5.41, 5.74) is 7.10. The summed E-state index contributed by atoms with van der Waals surface area (Å²) < 4.78 is 1.02. The van der Waals surface area contributed by atoms with Crippen LogP contribution in [-0.2, 0) is 0 Å². The van der Waals surface area contributed by atoms with Gasteiger partial charge in [-0.05, 0) is 56.8 Å². The van der Waals surface area contributed by atoms with E-state index in [-0.39, 0.29) is 12.1 Å². The number of hydrogen-bond donors (Lipinski definition) is 2. The van der Waals surface area contributed by atoms with Crippen LogP contribution >= 0.6 is 15.9 Å². The van der Waals surface area contributed by atoms with Crippen LogP contribution in [0.15, 0.2) is 22.7 Å². The Labute approximate surface area is 130 Å². The van der Waals surface area contributed by atoms with E-state index in [2.05, 4.69) is 34.7 Å². The molecule has 1 aliphatic rings. The second-order valence-electron chi connectivity index (χ2n) is 5.88. The number of phenols is 1. The van der Waals surface area contributed by atoms with Crippen molar-refractivity contribution in [3.63, 3.8) is 0 Å². The molecule has 1 saturated heterocycles. The lowest BCUT2D eigenvalue weighted by molar-refractivity contribution is 0.109. The molecule has 0 bridgehead atoms. The van der Waals surface area contributed by atoms with E-state index in [1.54, 1.807) is 6.07 Å². The molecule has 1 heterocycles. The first-order valence-electron chi connectivity index (χ1n) is 7.51. The van der Waals surface area contributed by atoms with E-state index in [4.69, 9.17) is 5.73 Å². The fourth-order valence-electron chi connectivity index (χ4n) is 3.22. The predicted octanol–water partition coefficient (Wildman–Crippen LogP) is 3.67. The van der Waals surface area contributed by atoms with Crippen molar-refractivity contribution in [2.45, 2.75) is 45.2 Å². The highest BCUT2D eigenvalue weighted by atomic mass is 79.9. The largest absolute Gasteiger partial charge is 0.508 e. The van der Waals surface area contributed by atoms with Crippen LogP contribution in [0.25, 0.3) is 0 Å². The molecule has 1 aliphatic heterocycles. The maximum absolute atomic E-state index is 10.2. The Kier molecular flexibility index (Phi) is 5.47. The van der Waals surface area contributed by atoms with Crippen LogP contribution in [0.2, 0.25) is 0 Å². The van der Waals surface area contributed by atoms with Crippen molar-refractivity contribution in [1.29, 1.82) is 0 Å². The molecule has 4 heteroatoms. The third-order valence-electron chi connectivity index (χ3n) is 4.41. The molecule has 0 amide bonds. The summed E-state index contributed by atoms with van der Waals surface area (Å²) in [7, 11) is 0. The van der Waals surface area contributed by atoms with Crippen molar-refractivity contribution in [2.75, 3.05) is 13.1 Å². The van der Waals surface area contributed by atoms with Gasteiger partial charge in [-0.25, -0.2) is 0 Å². The summed E-state index contributed by atoms with van der Waals surface area (Å²) in [6.45, 7) is 6.40. The monoisotopic (exact) mass is 340 g/mol. The van der Waals surface area contributed by atoms with E-state index in [0.717, 1.165) is 29.5 Å². The van der Waals surface area contributed by atoms with Crippen molar-refractivity contribution in [3.05, 3.63) is 28.2 Å². The average Bonchev–Trinajstić information content (AvgIpc) is 2.44. The standard InChI is InChI=1S/C16H25BrN2O/c1-3-15(14-9-13(17)6-7-16(14)20)19-8-4-5-12(10-19)11(2)18/h6-7,9,11-12,15,20H,3-5,8,10,18H2,1-2H3. The zero-order valence-electron chi connectivity index (χ0n) is 12.3. The Morgan fingerprint density at radius 1 is 1.50 bits per heavy atom. The van der Waals surface area contributed by atoms with E-state index in [9.17, 15) is 5.11 Å². The van der Waals surface area contributed by atoms with Crippen LogP contribution in [0, 0.1) is 5.92 Å². The van der Waals surface area contributed by atoms with Crippen molar-refractivity contribution in [2.24, 2.45) is 11.7 Å². The molecule has 112 valence electrons. The first-order valence-corrected chi connectivity index (χ1v) is 8.30. The Hall–Kier alpha value is -0.580. The van der Waals surface area contributed by atoms with Crippen molar-refractivity contribution >= 4 is 15.9 Å². The van der Waals surface area contributed by atoms with E-state index in [1.807, 2.05) is 12.1 Å². The quantitative estimate of drug-likeness (QED) is 0.879. The normalized spacial score (nSPS) is 23.5. The SMILES string of the molecule is CCC(c1cc(Br)ccc1O)N1CCCC(C(C)N)C1. The Balaban J connectivity index is 2.21. The van der Waals surface area contributed by atoms with Gasteiger partial charge in [-0.15, -0.1) is 0 Å². The van der Waals surface area contributed by atoms with Gasteiger partial charge < -0.3 is 10.8 Å². The van der Waals surface area contributed by atoms with Crippen molar-refractivity contribution in [3.8, 4) is 5.75 Å². The van der Waals surface area contributed by atoms with E-state index in [0.29, 0.717) is 11.7 Å². The summed E-state index contributed by atoms with van der Waals surface area (Å²) in [6.07, 6.45) is 3.40. The van der Waals surface area contributed by atoms with Crippen LogP contribution in [0.3, 0.4) is 0 Å².